The van der Waals surface area contributed by atoms with Gasteiger partial charge in [-0.05, 0) is 56.7 Å². The fourth-order valence-electron chi connectivity index (χ4n) is 2.99. The molecule has 1 N–H and O–H groups in total. The highest BCUT2D eigenvalue weighted by atomic mass is 32.1. The van der Waals surface area contributed by atoms with Gasteiger partial charge >= 0.3 is 0 Å². The second-order valence-corrected chi connectivity index (χ2v) is 6.45. The predicted molar refractivity (Wildman–Crippen MR) is 71.1 cm³/mol. The van der Waals surface area contributed by atoms with E-state index < -0.39 is 5.60 Å². The highest BCUT2D eigenvalue weighted by Gasteiger charge is 2.38. The average molecular weight is 243 g/mol. The van der Waals surface area contributed by atoms with Gasteiger partial charge in [-0.2, -0.15) is 12.6 Å². The lowest BCUT2D eigenvalue weighted by Gasteiger charge is -2.44. The molecular weight excluding hydrogens is 218 g/mol. The van der Waals surface area contributed by atoms with E-state index in [1.165, 1.54) is 25.8 Å². The summed E-state index contributed by atoms with van der Waals surface area (Å²) in [5.41, 5.74) is 0.0712. The van der Waals surface area contributed by atoms with E-state index in [0.717, 1.165) is 38.1 Å². The summed E-state index contributed by atoms with van der Waals surface area (Å²) >= 11 is 4.52. The third-order valence-electron chi connectivity index (χ3n) is 4.46. The third kappa shape index (κ3) is 2.93. The Morgan fingerprint density at radius 2 is 1.88 bits per heavy atom. The molecule has 2 rings (SSSR count). The van der Waals surface area contributed by atoms with Crippen molar-refractivity contribution in [2.24, 2.45) is 5.41 Å². The van der Waals surface area contributed by atoms with Gasteiger partial charge in [-0.1, -0.05) is 6.42 Å². The Kier molecular flexibility index (Phi) is 3.87. The first-order valence-corrected chi connectivity index (χ1v) is 7.24. The monoisotopic (exact) mass is 243 g/mol. The average Bonchev–Trinajstić information content (AvgIpc) is 2.34. The molecule has 1 saturated heterocycles. The molecule has 1 aliphatic carbocycles. The highest BCUT2D eigenvalue weighted by Crippen LogP contribution is 2.42. The molecule has 1 heterocycles. The van der Waals surface area contributed by atoms with Gasteiger partial charge in [-0.25, -0.2) is 0 Å². The Balaban J connectivity index is 1.86. The van der Waals surface area contributed by atoms with E-state index >= 15 is 0 Å². The normalized spacial score (nSPS) is 35.4. The standard InChI is InChI=1S/C13H25NOS/c1-12(15)4-3-8-14(9-7-12)10-13(11-16)5-2-6-13/h15-16H,2-11H2,1H3. The maximum atomic E-state index is 10.1. The zero-order chi connectivity index (χ0) is 11.6. The van der Waals surface area contributed by atoms with Crippen molar-refractivity contribution in [3.05, 3.63) is 0 Å². The van der Waals surface area contributed by atoms with Crippen LogP contribution in [-0.4, -0.2) is 41.0 Å². The molecule has 16 heavy (non-hydrogen) atoms. The number of nitrogens with zero attached hydrogens (tertiary/aromatic N) is 1. The fourth-order valence-corrected chi connectivity index (χ4v) is 3.41. The lowest BCUT2D eigenvalue weighted by molar-refractivity contribution is 0.0398. The quantitative estimate of drug-likeness (QED) is 0.743. The minimum absolute atomic E-state index is 0.428. The van der Waals surface area contributed by atoms with E-state index in [-0.39, 0.29) is 0 Å². The van der Waals surface area contributed by atoms with Crippen LogP contribution in [0.3, 0.4) is 0 Å². The van der Waals surface area contributed by atoms with Gasteiger partial charge in [0.25, 0.3) is 0 Å². The van der Waals surface area contributed by atoms with Gasteiger partial charge < -0.3 is 10.0 Å². The van der Waals surface area contributed by atoms with Crippen molar-refractivity contribution in [2.45, 2.75) is 51.0 Å². The number of hydrogen-bond donors (Lipinski definition) is 2. The zero-order valence-corrected chi connectivity index (χ0v) is 11.3. The molecule has 0 amide bonds. The van der Waals surface area contributed by atoms with Crippen LogP contribution in [0.5, 0.6) is 0 Å². The molecule has 0 spiro atoms. The summed E-state index contributed by atoms with van der Waals surface area (Å²) in [4.78, 5) is 2.55. The van der Waals surface area contributed by atoms with Gasteiger partial charge in [0.2, 0.25) is 0 Å². The molecule has 1 unspecified atom stereocenters. The lowest BCUT2D eigenvalue weighted by Crippen LogP contribution is -2.44. The molecule has 1 saturated carbocycles. The van der Waals surface area contributed by atoms with E-state index in [1.807, 2.05) is 6.92 Å². The molecule has 3 heteroatoms. The summed E-state index contributed by atoms with van der Waals surface area (Å²) < 4.78 is 0. The Morgan fingerprint density at radius 1 is 1.12 bits per heavy atom. The van der Waals surface area contributed by atoms with Crippen LogP contribution in [0, 0.1) is 5.41 Å². The fraction of sp³-hybridized carbons (Fsp3) is 1.00. The van der Waals surface area contributed by atoms with Crippen LogP contribution in [-0.2, 0) is 0 Å². The number of hydrogen-bond acceptors (Lipinski definition) is 3. The Labute approximate surface area is 105 Å². The largest absolute Gasteiger partial charge is 0.390 e. The Bertz CT molecular complexity index is 233. The molecular formula is C13H25NOS. The topological polar surface area (TPSA) is 23.5 Å². The van der Waals surface area contributed by atoms with Crippen LogP contribution in [0.15, 0.2) is 0 Å². The summed E-state index contributed by atoms with van der Waals surface area (Å²) in [7, 11) is 0. The molecule has 1 aliphatic heterocycles. The molecule has 0 bridgehead atoms. The lowest BCUT2D eigenvalue weighted by atomic mass is 9.70. The molecule has 94 valence electrons. The van der Waals surface area contributed by atoms with Gasteiger partial charge in [0.1, 0.15) is 0 Å². The first-order valence-electron chi connectivity index (χ1n) is 6.61. The van der Waals surface area contributed by atoms with Crippen LogP contribution in [0.25, 0.3) is 0 Å². The van der Waals surface area contributed by atoms with Crippen LogP contribution < -0.4 is 0 Å². The summed E-state index contributed by atoms with van der Waals surface area (Å²) in [6.07, 6.45) is 7.10. The Hall–Kier alpha value is 0.270. The van der Waals surface area contributed by atoms with Gasteiger partial charge in [-0.3, -0.25) is 0 Å². The van der Waals surface area contributed by atoms with Crippen molar-refractivity contribution in [1.82, 2.24) is 4.90 Å². The van der Waals surface area contributed by atoms with E-state index in [4.69, 9.17) is 0 Å². The molecule has 0 radical (unpaired) electrons. The molecule has 0 aromatic carbocycles. The SMILES string of the molecule is CC1(O)CCCN(CC2(CS)CCC2)CC1. The maximum Gasteiger partial charge on any atom is 0.0632 e. The second-order valence-electron chi connectivity index (χ2n) is 6.14. The minimum Gasteiger partial charge on any atom is -0.390 e. The Morgan fingerprint density at radius 3 is 2.44 bits per heavy atom. The summed E-state index contributed by atoms with van der Waals surface area (Å²) in [5, 5.41) is 10.1. The van der Waals surface area contributed by atoms with E-state index in [0.29, 0.717) is 5.41 Å². The van der Waals surface area contributed by atoms with Crippen molar-refractivity contribution in [3.63, 3.8) is 0 Å². The molecule has 2 aliphatic rings. The van der Waals surface area contributed by atoms with Crippen LogP contribution in [0.1, 0.15) is 45.4 Å². The van der Waals surface area contributed by atoms with Crippen LogP contribution in [0.4, 0.5) is 0 Å². The molecule has 0 aromatic heterocycles. The van der Waals surface area contributed by atoms with Gasteiger partial charge in [0.05, 0.1) is 5.60 Å². The summed E-state index contributed by atoms with van der Waals surface area (Å²) in [6, 6.07) is 0. The third-order valence-corrected chi connectivity index (χ3v) is 5.14. The molecule has 1 atom stereocenters. The molecule has 2 nitrogen and oxygen atoms in total. The predicted octanol–water partition coefficient (Wildman–Crippen LogP) is 2.32. The van der Waals surface area contributed by atoms with Crippen LogP contribution >= 0.6 is 12.6 Å². The first kappa shape index (κ1) is 12.7. The van der Waals surface area contributed by atoms with Gasteiger partial charge in [0.15, 0.2) is 0 Å². The second kappa shape index (κ2) is 4.87. The van der Waals surface area contributed by atoms with E-state index in [2.05, 4.69) is 17.5 Å². The van der Waals surface area contributed by atoms with Crippen LogP contribution in [0.2, 0.25) is 0 Å². The van der Waals surface area contributed by atoms with Crippen molar-refractivity contribution in [1.29, 1.82) is 0 Å². The summed E-state index contributed by atoms with van der Waals surface area (Å²) in [6.45, 7) is 5.40. The minimum atomic E-state index is -0.428. The van der Waals surface area contributed by atoms with Crippen molar-refractivity contribution >= 4 is 12.6 Å². The zero-order valence-electron chi connectivity index (χ0n) is 10.4. The van der Waals surface area contributed by atoms with Crippen molar-refractivity contribution < 1.29 is 5.11 Å². The smallest absolute Gasteiger partial charge is 0.0632 e. The first-order chi connectivity index (χ1) is 7.55. The maximum absolute atomic E-state index is 10.1. The number of likely N-dealkylation sites (tertiary alicyclic amines) is 1. The molecule has 2 fully saturated rings. The van der Waals surface area contributed by atoms with Crippen molar-refractivity contribution in [2.75, 3.05) is 25.4 Å². The van der Waals surface area contributed by atoms with Gasteiger partial charge in [-0.15, -0.1) is 0 Å². The van der Waals surface area contributed by atoms with Crippen molar-refractivity contribution in [3.8, 4) is 0 Å². The van der Waals surface area contributed by atoms with E-state index in [9.17, 15) is 5.11 Å². The number of rotatable bonds is 3. The highest BCUT2D eigenvalue weighted by molar-refractivity contribution is 7.80. The number of thiol groups is 1. The van der Waals surface area contributed by atoms with Gasteiger partial charge in [0, 0.05) is 13.1 Å². The number of aliphatic hydroxyl groups is 1. The summed E-state index contributed by atoms with van der Waals surface area (Å²) in [5.74, 6) is 1.03. The molecule has 0 aromatic rings. The van der Waals surface area contributed by atoms with E-state index in [1.54, 1.807) is 0 Å².